The molecule has 4 aromatic rings. The van der Waals surface area contributed by atoms with Gasteiger partial charge in [0.1, 0.15) is 28.5 Å². The lowest BCUT2D eigenvalue weighted by Gasteiger charge is -2.11. The van der Waals surface area contributed by atoms with Crippen molar-refractivity contribution in [3.8, 4) is 28.4 Å². The number of aromatic hydroxyl groups is 2. The van der Waals surface area contributed by atoms with Crippen molar-refractivity contribution in [2.75, 3.05) is 5.32 Å². The number of amides is 1. The first-order chi connectivity index (χ1) is 17.8. The van der Waals surface area contributed by atoms with E-state index >= 15 is 0 Å². The van der Waals surface area contributed by atoms with E-state index in [1.165, 1.54) is 36.4 Å². The Morgan fingerprint density at radius 3 is 2.57 bits per heavy atom. The third-order valence-corrected chi connectivity index (χ3v) is 5.97. The third kappa shape index (κ3) is 5.81. The van der Waals surface area contributed by atoms with E-state index in [0.717, 1.165) is 19.3 Å². The summed E-state index contributed by atoms with van der Waals surface area (Å²) in [7, 11) is 0. The molecule has 0 aliphatic heterocycles. The molecule has 0 spiro atoms. The van der Waals surface area contributed by atoms with Crippen LogP contribution in [0.5, 0.6) is 17.2 Å². The fourth-order valence-corrected chi connectivity index (χ4v) is 3.97. The number of rotatable bonds is 8. The van der Waals surface area contributed by atoms with E-state index < -0.39 is 11.5 Å². The minimum absolute atomic E-state index is 0.0187. The lowest BCUT2D eigenvalue weighted by molar-refractivity contribution is -0.134. The maximum Gasteiger partial charge on any atom is 0.360 e. The van der Waals surface area contributed by atoms with Crippen molar-refractivity contribution in [2.24, 2.45) is 0 Å². The number of hydrogen-bond acceptors (Lipinski definition) is 7. The summed E-state index contributed by atoms with van der Waals surface area (Å²) in [4.78, 5) is 37.7. The number of esters is 1. The number of fused-ring (bicyclic) bond motifs is 1. The third-order valence-electron chi connectivity index (χ3n) is 5.97. The minimum Gasteiger partial charge on any atom is -0.508 e. The molecular formula is C29H27NO7. The second-order valence-corrected chi connectivity index (χ2v) is 8.72. The average molecular weight is 502 g/mol. The van der Waals surface area contributed by atoms with Gasteiger partial charge >= 0.3 is 11.6 Å². The number of hydrogen-bond donors (Lipinski definition) is 3. The summed E-state index contributed by atoms with van der Waals surface area (Å²) in [6.07, 6.45) is 3.00. The number of aryl methyl sites for hydroxylation is 1. The zero-order valence-corrected chi connectivity index (χ0v) is 20.5. The monoisotopic (exact) mass is 501 g/mol. The first kappa shape index (κ1) is 25.5. The molecule has 0 bridgehead atoms. The van der Waals surface area contributed by atoms with Crippen LogP contribution in [0.15, 0.2) is 69.9 Å². The summed E-state index contributed by atoms with van der Waals surface area (Å²) in [5.74, 6) is -0.657. The molecule has 4 rings (SSSR count). The van der Waals surface area contributed by atoms with Gasteiger partial charge in [-0.25, -0.2) is 4.79 Å². The van der Waals surface area contributed by atoms with Crippen molar-refractivity contribution in [3.05, 3.63) is 82.2 Å². The summed E-state index contributed by atoms with van der Waals surface area (Å²) < 4.78 is 10.9. The van der Waals surface area contributed by atoms with Crippen molar-refractivity contribution >= 4 is 28.5 Å². The van der Waals surface area contributed by atoms with Crippen LogP contribution in [-0.4, -0.2) is 22.1 Å². The molecule has 0 radical (unpaired) electrons. The lowest BCUT2D eigenvalue weighted by Crippen LogP contribution is -2.18. The molecular weight excluding hydrogens is 474 g/mol. The highest BCUT2D eigenvalue weighted by Crippen LogP contribution is 2.32. The van der Waals surface area contributed by atoms with Crippen molar-refractivity contribution in [2.45, 2.75) is 39.5 Å². The summed E-state index contributed by atoms with van der Waals surface area (Å²) in [5, 5.41) is 23.1. The molecule has 0 aliphatic rings. The lowest BCUT2D eigenvalue weighted by atomic mass is 10.0. The topological polar surface area (TPSA) is 126 Å². The molecule has 0 unspecified atom stereocenters. The summed E-state index contributed by atoms with van der Waals surface area (Å²) >= 11 is 0. The van der Waals surface area contributed by atoms with Crippen LogP contribution >= 0.6 is 0 Å². The molecule has 0 aliphatic carbocycles. The van der Waals surface area contributed by atoms with Gasteiger partial charge in [-0.05, 0) is 67.4 Å². The quantitative estimate of drug-likeness (QED) is 0.118. The van der Waals surface area contributed by atoms with Crippen LogP contribution in [0.3, 0.4) is 0 Å². The van der Waals surface area contributed by atoms with E-state index in [2.05, 4.69) is 12.2 Å². The van der Waals surface area contributed by atoms with Gasteiger partial charge in [0.25, 0.3) is 5.91 Å². The van der Waals surface area contributed by atoms with Crippen molar-refractivity contribution in [1.29, 1.82) is 0 Å². The molecule has 0 fully saturated rings. The highest BCUT2D eigenvalue weighted by Gasteiger charge is 2.17. The van der Waals surface area contributed by atoms with Crippen LogP contribution in [-0.2, 0) is 4.79 Å². The molecule has 0 saturated heterocycles. The van der Waals surface area contributed by atoms with Crippen LogP contribution in [0, 0.1) is 6.92 Å². The Kier molecular flexibility index (Phi) is 7.57. The molecule has 8 nitrogen and oxygen atoms in total. The van der Waals surface area contributed by atoms with Crippen molar-refractivity contribution in [3.63, 3.8) is 0 Å². The van der Waals surface area contributed by atoms with Gasteiger partial charge < -0.3 is 24.7 Å². The maximum absolute atomic E-state index is 12.9. The smallest absolute Gasteiger partial charge is 0.360 e. The predicted octanol–water partition coefficient (Wildman–Crippen LogP) is 5.92. The molecule has 1 heterocycles. The van der Waals surface area contributed by atoms with Crippen LogP contribution in [0.4, 0.5) is 5.69 Å². The maximum atomic E-state index is 12.9. The second kappa shape index (κ2) is 11.0. The molecule has 0 atom stereocenters. The molecule has 190 valence electrons. The molecule has 1 aromatic heterocycles. The molecule has 1 amide bonds. The summed E-state index contributed by atoms with van der Waals surface area (Å²) in [5.41, 5.74) is 1.01. The van der Waals surface area contributed by atoms with Crippen LogP contribution in [0.1, 0.15) is 48.5 Å². The standard InChI is InChI=1S/C29H27NO7/c1-3-4-5-9-26(33)36-25-13-11-19-16-23(29(35)37-27(19)17(25)2)30-28(34)20-10-12-24(32)22(15-20)18-7-6-8-21(31)14-18/h6-8,10-16,31-32H,3-5,9H2,1-2H3,(H,30,34). The van der Waals surface area contributed by atoms with Gasteiger partial charge in [0.15, 0.2) is 0 Å². The van der Waals surface area contributed by atoms with Gasteiger partial charge in [-0.2, -0.15) is 0 Å². The Morgan fingerprint density at radius 2 is 1.81 bits per heavy atom. The van der Waals surface area contributed by atoms with E-state index in [1.54, 1.807) is 31.2 Å². The SMILES string of the molecule is CCCCCC(=O)Oc1ccc2cc(NC(=O)c3ccc(O)c(-c4cccc(O)c4)c3)c(=O)oc2c1C. The first-order valence-corrected chi connectivity index (χ1v) is 12.0. The first-order valence-electron chi connectivity index (χ1n) is 12.0. The van der Waals surface area contributed by atoms with Crippen LogP contribution < -0.4 is 15.7 Å². The number of anilines is 1. The van der Waals surface area contributed by atoms with Gasteiger partial charge in [0, 0.05) is 28.5 Å². The molecule has 8 heteroatoms. The number of nitrogens with one attached hydrogen (secondary N) is 1. The highest BCUT2D eigenvalue weighted by atomic mass is 16.5. The van der Waals surface area contributed by atoms with E-state index in [9.17, 15) is 24.6 Å². The Bertz CT molecular complexity index is 1540. The Labute approximate surface area is 213 Å². The number of benzene rings is 3. The number of ether oxygens (including phenoxy) is 1. The van der Waals surface area contributed by atoms with Gasteiger partial charge in [0.2, 0.25) is 0 Å². The largest absolute Gasteiger partial charge is 0.508 e. The fourth-order valence-electron chi connectivity index (χ4n) is 3.97. The van der Waals surface area contributed by atoms with Gasteiger partial charge in [-0.15, -0.1) is 0 Å². The van der Waals surface area contributed by atoms with Crippen LogP contribution in [0.2, 0.25) is 0 Å². The van der Waals surface area contributed by atoms with Crippen LogP contribution in [0.25, 0.3) is 22.1 Å². The number of carbonyl (C=O) groups excluding carboxylic acids is 2. The predicted molar refractivity (Wildman–Crippen MR) is 140 cm³/mol. The van der Waals surface area contributed by atoms with Gasteiger partial charge in [-0.3, -0.25) is 9.59 Å². The van der Waals surface area contributed by atoms with E-state index in [4.69, 9.17) is 9.15 Å². The van der Waals surface area contributed by atoms with Crippen molar-refractivity contribution in [1.82, 2.24) is 0 Å². The highest BCUT2D eigenvalue weighted by molar-refractivity contribution is 6.05. The second-order valence-electron chi connectivity index (χ2n) is 8.72. The van der Waals surface area contributed by atoms with Gasteiger partial charge in [-0.1, -0.05) is 31.9 Å². The van der Waals surface area contributed by atoms with Crippen molar-refractivity contribution < 1.29 is 29.0 Å². The number of phenols is 2. The average Bonchev–Trinajstić information content (AvgIpc) is 2.87. The van der Waals surface area contributed by atoms with Gasteiger partial charge in [0.05, 0.1) is 0 Å². The summed E-state index contributed by atoms with van der Waals surface area (Å²) in [6.45, 7) is 3.74. The van der Waals surface area contributed by atoms with E-state index in [-0.39, 0.29) is 34.3 Å². The Morgan fingerprint density at radius 1 is 1.00 bits per heavy atom. The number of carbonyl (C=O) groups is 2. The zero-order valence-electron chi connectivity index (χ0n) is 20.5. The normalized spacial score (nSPS) is 10.9. The Balaban J connectivity index is 1.57. The molecule has 3 N–H and O–H groups in total. The molecule has 37 heavy (non-hydrogen) atoms. The number of unbranched alkanes of at least 4 members (excludes halogenated alkanes) is 2. The minimum atomic E-state index is -0.762. The molecule has 3 aromatic carbocycles. The molecule has 0 saturated carbocycles. The van der Waals surface area contributed by atoms with E-state index in [0.29, 0.717) is 34.2 Å². The Hall–Kier alpha value is -4.59. The van der Waals surface area contributed by atoms with E-state index in [1.807, 2.05) is 0 Å². The number of phenolic OH excluding ortho intramolecular Hbond substituents is 2. The summed E-state index contributed by atoms with van der Waals surface area (Å²) in [6, 6.07) is 15.3. The zero-order chi connectivity index (χ0) is 26.5. The fraction of sp³-hybridized carbons (Fsp3) is 0.207.